The van der Waals surface area contributed by atoms with E-state index in [4.69, 9.17) is 5.73 Å². The summed E-state index contributed by atoms with van der Waals surface area (Å²) >= 11 is 0. The molecule has 2 heterocycles. The third kappa shape index (κ3) is 1.47. The zero-order chi connectivity index (χ0) is 8.55. The van der Waals surface area contributed by atoms with Crippen molar-refractivity contribution in [1.29, 1.82) is 0 Å². The summed E-state index contributed by atoms with van der Waals surface area (Å²) in [5, 5.41) is 3.91. The van der Waals surface area contributed by atoms with Crippen LogP contribution in [0.3, 0.4) is 0 Å². The molecule has 0 saturated heterocycles. The minimum atomic E-state index is -0.500. The highest BCUT2D eigenvalue weighted by atomic mass is 16.1. The number of aromatic nitrogens is 3. The van der Waals surface area contributed by atoms with Crippen LogP contribution in [-0.2, 0) is 0 Å². The standard InChI is InChI=1S/C7H6N4O.N/c8-7(12)5-3-9-6-1-2-10-11(6)4-5;/h1-4H,(H2,8,12);. The van der Waals surface area contributed by atoms with Gasteiger partial charge in [-0.05, 0) is 0 Å². The molecule has 0 spiro atoms. The number of nitrogens with zero attached hydrogens (tertiary/aromatic N) is 4. The Morgan fingerprint density at radius 1 is 1.54 bits per heavy atom. The fourth-order valence-corrected chi connectivity index (χ4v) is 0.937. The van der Waals surface area contributed by atoms with Crippen LogP contribution in [0.4, 0.5) is 0 Å². The highest BCUT2D eigenvalue weighted by Gasteiger charge is 2.01. The van der Waals surface area contributed by atoms with Gasteiger partial charge in [-0.2, -0.15) is 5.10 Å². The summed E-state index contributed by atoms with van der Waals surface area (Å²) in [6.45, 7) is 0. The van der Waals surface area contributed by atoms with Gasteiger partial charge in [-0.3, -0.25) is 4.79 Å². The van der Waals surface area contributed by atoms with E-state index >= 15 is 0 Å². The molecule has 3 radical (unpaired) electrons. The molecule has 6 heteroatoms. The van der Waals surface area contributed by atoms with Gasteiger partial charge < -0.3 is 5.73 Å². The number of carbonyl (C=O) groups excluding carboxylic acids is 1. The highest BCUT2D eigenvalue weighted by Crippen LogP contribution is 1.99. The predicted octanol–water partition coefficient (Wildman–Crippen LogP) is -0.652. The first-order valence-corrected chi connectivity index (χ1v) is 3.36. The van der Waals surface area contributed by atoms with E-state index in [0.717, 1.165) is 0 Å². The van der Waals surface area contributed by atoms with Gasteiger partial charge in [0.05, 0.1) is 11.8 Å². The lowest BCUT2D eigenvalue weighted by Gasteiger charge is -1.94. The van der Waals surface area contributed by atoms with Gasteiger partial charge in [0.2, 0.25) is 0 Å². The Kier molecular flexibility index (Phi) is 2.25. The maximum Gasteiger partial charge on any atom is 0.251 e. The monoisotopic (exact) mass is 176 g/mol. The van der Waals surface area contributed by atoms with E-state index in [2.05, 4.69) is 10.1 Å². The van der Waals surface area contributed by atoms with Crippen LogP contribution in [0.15, 0.2) is 24.7 Å². The zero-order valence-corrected chi connectivity index (χ0v) is 6.58. The number of carbonyl (C=O) groups is 1. The number of nitrogens with two attached hydrogens (primary N) is 1. The molecule has 0 unspecified atom stereocenters. The number of fused-ring (bicyclic) bond motifs is 1. The summed E-state index contributed by atoms with van der Waals surface area (Å²) < 4.78 is 1.50. The van der Waals surface area contributed by atoms with Crippen LogP contribution in [0.5, 0.6) is 0 Å². The molecule has 1 amide bonds. The van der Waals surface area contributed by atoms with Gasteiger partial charge in [0, 0.05) is 24.6 Å². The molecule has 0 aliphatic heterocycles. The molecule has 0 bridgehead atoms. The van der Waals surface area contributed by atoms with Crippen molar-refractivity contribution >= 4 is 11.6 Å². The van der Waals surface area contributed by atoms with E-state index < -0.39 is 5.91 Å². The summed E-state index contributed by atoms with van der Waals surface area (Å²) in [5.74, 6) is -0.500. The summed E-state index contributed by atoms with van der Waals surface area (Å²) in [4.78, 5) is 14.7. The van der Waals surface area contributed by atoms with E-state index in [1.807, 2.05) is 0 Å². The molecule has 0 aliphatic rings. The smallest absolute Gasteiger partial charge is 0.251 e. The predicted molar refractivity (Wildman–Crippen MR) is 43.6 cm³/mol. The zero-order valence-electron chi connectivity index (χ0n) is 6.58. The molecule has 6 nitrogen and oxygen atoms in total. The Labute approximate surface area is 74.0 Å². The molecule has 0 aliphatic carbocycles. The Balaban J connectivity index is 0.000000845. The first-order valence-electron chi connectivity index (χ1n) is 3.36. The largest absolute Gasteiger partial charge is 0.366 e. The number of hydrogen-bond donors (Lipinski definition) is 1. The van der Waals surface area contributed by atoms with Gasteiger partial charge in [-0.1, -0.05) is 0 Å². The minimum absolute atomic E-state index is 0. The molecule has 65 valence electrons. The molecular weight excluding hydrogens is 170 g/mol. The number of rotatable bonds is 1. The molecule has 0 saturated carbocycles. The van der Waals surface area contributed by atoms with Gasteiger partial charge in [0.15, 0.2) is 5.65 Å². The molecule has 2 N–H and O–H groups in total. The SMILES string of the molecule is NC(=O)c1cnc2ccnn2c1.[N]. The van der Waals surface area contributed by atoms with Crippen LogP contribution in [0, 0.1) is 0 Å². The van der Waals surface area contributed by atoms with E-state index in [-0.39, 0.29) is 6.15 Å². The first-order chi connectivity index (χ1) is 5.77. The maximum absolute atomic E-state index is 10.7. The van der Waals surface area contributed by atoms with Gasteiger partial charge in [0.25, 0.3) is 5.91 Å². The van der Waals surface area contributed by atoms with Crippen molar-refractivity contribution in [2.45, 2.75) is 0 Å². The topological polar surface area (TPSA) is 104 Å². The second-order valence-electron chi connectivity index (χ2n) is 2.34. The number of hydrogen-bond acceptors (Lipinski definition) is 3. The molecule has 2 aromatic rings. The van der Waals surface area contributed by atoms with E-state index in [1.165, 1.54) is 10.7 Å². The Morgan fingerprint density at radius 2 is 2.31 bits per heavy atom. The molecule has 0 fully saturated rings. The number of amides is 1. The molecular formula is C7H6N5O. The van der Waals surface area contributed by atoms with Crippen molar-refractivity contribution in [3.8, 4) is 0 Å². The van der Waals surface area contributed by atoms with Gasteiger partial charge in [-0.25, -0.2) is 9.50 Å². The second-order valence-corrected chi connectivity index (χ2v) is 2.34. The van der Waals surface area contributed by atoms with Crippen molar-refractivity contribution in [3.05, 3.63) is 30.2 Å². The molecule has 2 rings (SSSR count). The second kappa shape index (κ2) is 3.20. The third-order valence-corrected chi connectivity index (χ3v) is 1.53. The summed E-state index contributed by atoms with van der Waals surface area (Å²) in [5.41, 5.74) is 6.10. The minimum Gasteiger partial charge on any atom is -0.366 e. The quantitative estimate of drug-likeness (QED) is 0.624. The maximum atomic E-state index is 10.7. The van der Waals surface area contributed by atoms with E-state index in [9.17, 15) is 4.79 Å². The van der Waals surface area contributed by atoms with Crippen molar-refractivity contribution in [1.82, 2.24) is 20.7 Å². The average Bonchev–Trinajstić information content (AvgIpc) is 2.49. The summed E-state index contributed by atoms with van der Waals surface area (Å²) in [6.07, 6.45) is 4.58. The molecule has 13 heavy (non-hydrogen) atoms. The van der Waals surface area contributed by atoms with E-state index in [1.54, 1.807) is 18.5 Å². The van der Waals surface area contributed by atoms with Crippen LogP contribution in [-0.4, -0.2) is 20.5 Å². The van der Waals surface area contributed by atoms with Crippen LogP contribution in [0.2, 0.25) is 0 Å². The van der Waals surface area contributed by atoms with Crippen LogP contribution < -0.4 is 11.9 Å². The normalized spacial score (nSPS) is 9.54. The highest BCUT2D eigenvalue weighted by molar-refractivity contribution is 5.92. The van der Waals surface area contributed by atoms with Gasteiger partial charge in [-0.15, -0.1) is 0 Å². The Bertz CT molecular complexity index is 435. The lowest BCUT2D eigenvalue weighted by molar-refractivity contribution is 0.0999. The van der Waals surface area contributed by atoms with Crippen LogP contribution in [0.25, 0.3) is 5.65 Å². The Hall–Kier alpha value is -1.95. The van der Waals surface area contributed by atoms with Crippen LogP contribution in [0.1, 0.15) is 10.4 Å². The van der Waals surface area contributed by atoms with Crippen molar-refractivity contribution in [2.24, 2.45) is 5.73 Å². The third-order valence-electron chi connectivity index (χ3n) is 1.53. The fraction of sp³-hybridized carbons (Fsp3) is 0. The Morgan fingerprint density at radius 3 is 3.00 bits per heavy atom. The van der Waals surface area contributed by atoms with Gasteiger partial charge >= 0.3 is 0 Å². The fourth-order valence-electron chi connectivity index (χ4n) is 0.937. The van der Waals surface area contributed by atoms with Crippen molar-refractivity contribution < 1.29 is 4.79 Å². The molecule has 2 aromatic heterocycles. The van der Waals surface area contributed by atoms with Crippen molar-refractivity contribution in [2.75, 3.05) is 0 Å². The van der Waals surface area contributed by atoms with Gasteiger partial charge in [0.1, 0.15) is 0 Å². The molecule has 0 aromatic carbocycles. The summed E-state index contributed by atoms with van der Waals surface area (Å²) in [6, 6.07) is 1.74. The average molecular weight is 176 g/mol. The van der Waals surface area contributed by atoms with Crippen molar-refractivity contribution in [3.63, 3.8) is 0 Å². The lowest BCUT2D eigenvalue weighted by atomic mass is 10.3. The molecule has 0 atom stereocenters. The summed E-state index contributed by atoms with van der Waals surface area (Å²) in [7, 11) is 0. The van der Waals surface area contributed by atoms with E-state index in [0.29, 0.717) is 11.2 Å². The lowest BCUT2D eigenvalue weighted by Crippen LogP contribution is -2.12. The first kappa shape index (κ1) is 9.14. The van der Waals surface area contributed by atoms with Crippen LogP contribution >= 0.6 is 0 Å². The number of primary amides is 1.